The predicted octanol–water partition coefficient (Wildman–Crippen LogP) is -0.222. The van der Waals surface area contributed by atoms with E-state index in [1.54, 1.807) is 0 Å². The van der Waals surface area contributed by atoms with Gasteiger partial charge < -0.3 is 5.11 Å². The number of fused-ring (bicyclic) bond motifs is 2. The molecule has 2 rings (SSSR count). The van der Waals surface area contributed by atoms with Crippen LogP contribution in [0.25, 0.3) is 0 Å². The molecule has 6 nitrogen and oxygen atoms in total. The lowest BCUT2D eigenvalue weighted by Gasteiger charge is -2.27. The molecule has 1 heterocycles. The smallest absolute Gasteiger partial charge is 0.321 e. The summed E-state index contributed by atoms with van der Waals surface area (Å²) in [5.41, 5.74) is 0. The quantitative estimate of drug-likeness (QED) is 0.720. The van der Waals surface area contributed by atoms with Crippen LogP contribution in [0.15, 0.2) is 0 Å². The Morgan fingerprint density at radius 3 is 2.62 bits per heavy atom. The summed E-state index contributed by atoms with van der Waals surface area (Å²) >= 11 is 0. The zero-order valence-electron chi connectivity index (χ0n) is 9.09. The van der Waals surface area contributed by atoms with E-state index in [0.29, 0.717) is 12.5 Å². The fourth-order valence-corrected chi connectivity index (χ4v) is 4.19. The number of hydrogen-bond donors (Lipinski definition) is 2. The average Bonchev–Trinajstić information content (AvgIpc) is 2.77. The third-order valence-corrected chi connectivity index (χ3v) is 5.08. The normalized spacial score (nSPS) is 31.8. The van der Waals surface area contributed by atoms with Crippen LogP contribution in [0.3, 0.4) is 0 Å². The van der Waals surface area contributed by atoms with Crippen LogP contribution in [-0.4, -0.2) is 42.4 Å². The summed E-state index contributed by atoms with van der Waals surface area (Å²) in [4.78, 5) is 10.6. The zero-order valence-corrected chi connectivity index (χ0v) is 9.90. The number of carboxylic acids is 1. The summed E-state index contributed by atoms with van der Waals surface area (Å²) in [6, 6.07) is -1.01. The second kappa shape index (κ2) is 3.97. The lowest BCUT2D eigenvalue weighted by atomic mass is 10.1. The van der Waals surface area contributed by atoms with Crippen molar-refractivity contribution >= 4 is 16.2 Å². The molecule has 92 valence electrons. The molecule has 2 aliphatic rings. The summed E-state index contributed by atoms with van der Waals surface area (Å²) in [6.45, 7) is 1.86. The summed E-state index contributed by atoms with van der Waals surface area (Å²) < 4.78 is 27.4. The van der Waals surface area contributed by atoms with Crippen molar-refractivity contribution in [1.82, 2.24) is 9.03 Å². The van der Waals surface area contributed by atoms with Crippen LogP contribution in [-0.2, 0) is 15.0 Å². The number of aliphatic carboxylic acids is 1. The third-order valence-electron chi connectivity index (χ3n) is 3.36. The van der Waals surface area contributed by atoms with Crippen molar-refractivity contribution in [2.24, 2.45) is 5.92 Å². The van der Waals surface area contributed by atoms with E-state index < -0.39 is 22.2 Å². The molecule has 1 aliphatic carbocycles. The molecule has 2 bridgehead atoms. The van der Waals surface area contributed by atoms with Crippen LogP contribution in [0, 0.1) is 5.92 Å². The Morgan fingerprint density at radius 1 is 1.50 bits per heavy atom. The maximum absolute atomic E-state index is 11.9. The highest BCUT2D eigenvalue weighted by Gasteiger charge is 2.44. The number of carboxylic acid groups (broad SMARTS) is 1. The number of piperidine rings is 1. The molecule has 1 saturated heterocycles. The average molecular weight is 248 g/mol. The van der Waals surface area contributed by atoms with Gasteiger partial charge in [0.1, 0.15) is 6.04 Å². The molecular weight excluding hydrogens is 232 g/mol. The van der Waals surface area contributed by atoms with Gasteiger partial charge in [-0.15, -0.1) is 0 Å². The van der Waals surface area contributed by atoms with Crippen LogP contribution in [0.5, 0.6) is 0 Å². The number of hydrogen-bond acceptors (Lipinski definition) is 3. The topological polar surface area (TPSA) is 86.7 Å². The van der Waals surface area contributed by atoms with Crippen LogP contribution in [0.1, 0.15) is 26.2 Å². The largest absolute Gasteiger partial charge is 0.480 e. The number of nitrogens with one attached hydrogen (secondary N) is 1. The molecule has 2 N–H and O–H groups in total. The van der Waals surface area contributed by atoms with Gasteiger partial charge in [0.25, 0.3) is 10.2 Å². The van der Waals surface area contributed by atoms with Crippen molar-refractivity contribution in [3.8, 4) is 0 Å². The number of carbonyl (C=O) groups is 1. The molecule has 1 saturated carbocycles. The van der Waals surface area contributed by atoms with Gasteiger partial charge in [-0.2, -0.15) is 17.4 Å². The minimum Gasteiger partial charge on any atom is -0.480 e. The van der Waals surface area contributed by atoms with Gasteiger partial charge in [0.05, 0.1) is 0 Å². The second-order valence-corrected chi connectivity index (χ2v) is 6.24. The van der Waals surface area contributed by atoms with Crippen LogP contribution < -0.4 is 4.72 Å². The molecule has 0 spiro atoms. The van der Waals surface area contributed by atoms with Crippen molar-refractivity contribution in [3.63, 3.8) is 0 Å². The van der Waals surface area contributed by atoms with Crippen LogP contribution >= 0.6 is 0 Å². The highest BCUT2D eigenvalue weighted by Crippen LogP contribution is 2.38. The first-order chi connectivity index (χ1) is 7.40. The summed E-state index contributed by atoms with van der Waals surface area (Å²) in [7, 11) is -3.63. The van der Waals surface area contributed by atoms with E-state index in [9.17, 15) is 13.2 Å². The van der Waals surface area contributed by atoms with Crippen molar-refractivity contribution in [2.75, 3.05) is 6.54 Å². The maximum Gasteiger partial charge on any atom is 0.321 e. The van der Waals surface area contributed by atoms with E-state index in [2.05, 4.69) is 4.72 Å². The molecule has 0 radical (unpaired) electrons. The lowest BCUT2D eigenvalue weighted by Crippen LogP contribution is -2.49. The lowest BCUT2D eigenvalue weighted by molar-refractivity contribution is -0.138. The molecular formula is C9H16N2O4S. The molecule has 0 aromatic rings. The van der Waals surface area contributed by atoms with Crippen LogP contribution in [0.2, 0.25) is 0 Å². The Labute approximate surface area is 94.8 Å². The third kappa shape index (κ3) is 2.07. The Morgan fingerprint density at radius 2 is 2.19 bits per heavy atom. The van der Waals surface area contributed by atoms with E-state index in [1.165, 1.54) is 11.2 Å². The summed E-state index contributed by atoms with van der Waals surface area (Å²) in [5, 5.41) is 8.67. The van der Waals surface area contributed by atoms with Gasteiger partial charge >= 0.3 is 5.97 Å². The van der Waals surface area contributed by atoms with E-state index in [1.807, 2.05) is 0 Å². The van der Waals surface area contributed by atoms with E-state index in [4.69, 9.17) is 5.11 Å². The molecule has 2 unspecified atom stereocenters. The van der Waals surface area contributed by atoms with Crippen molar-refractivity contribution in [3.05, 3.63) is 0 Å². The van der Waals surface area contributed by atoms with Crippen molar-refractivity contribution < 1.29 is 18.3 Å². The van der Waals surface area contributed by atoms with Gasteiger partial charge in [-0.1, -0.05) is 0 Å². The second-order valence-electron chi connectivity index (χ2n) is 4.59. The van der Waals surface area contributed by atoms with Gasteiger partial charge in [-0.05, 0) is 32.1 Å². The highest BCUT2D eigenvalue weighted by atomic mass is 32.2. The van der Waals surface area contributed by atoms with Crippen molar-refractivity contribution in [2.45, 2.75) is 38.3 Å². The summed E-state index contributed by atoms with van der Waals surface area (Å²) in [6.07, 6.45) is 2.90. The first-order valence-corrected chi connectivity index (χ1v) is 6.86. The highest BCUT2D eigenvalue weighted by molar-refractivity contribution is 7.87. The summed E-state index contributed by atoms with van der Waals surface area (Å²) in [5.74, 6) is -0.699. The first kappa shape index (κ1) is 11.8. The molecule has 16 heavy (non-hydrogen) atoms. The number of rotatable bonds is 4. The van der Waals surface area contributed by atoms with Crippen LogP contribution in [0.4, 0.5) is 0 Å². The standard InChI is InChI=1S/C9H16N2O4S/c1-6(9(12)13)10-16(14,15)11-5-7-2-3-8(11)4-7/h6-8,10H,2-5H2,1H3,(H,12,13)/t6-,7?,8?/m0/s1. The molecule has 1 aliphatic heterocycles. The Hall–Kier alpha value is -0.660. The van der Waals surface area contributed by atoms with Gasteiger partial charge in [-0.3, -0.25) is 4.79 Å². The van der Waals surface area contributed by atoms with Gasteiger partial charge in [0.15, 0.2) is 0 Å². The molecule has 3 atom stereocenters. The van der Waals surface area contributed by atoms with Gasteiger partial charge in [-0.25, -0.2) is 0 Å². The zero-order chi connectivity index (χ0) is 11.9. The Balaban J connectivity index is 2.05. The predicted molar refractivity (Wildman–Crippen MR) is 57.0 cm³/mol. The SMILES string of the molecule is C[C@H](NS(=O)(=O)N1CC2CCC1C2)C(=O)O. The monoisotopic (exact) mass is 248 g/mol. The number of nitrogens with zero attached hydrogens (tertiary/aromatic N) is 1. The fraction of sp³-hybridized carbons (Fsp3) is 0.889. The maximum atomic E-state index is 11.9. The molecule has 0 aromatic carbocycles. The Kier molecular flexibility index (Phi) is 2.93. The van der Waals surface area contributed by atoms with E-state index >= 15 is 0 Å². The van der Waals surface area contributed by atoms with Crippen molar-refractivity contribution in [1.29, 1.82) is 0 Å². The molecule has 2 fully saturated rings. The van der Waals surface area contributed by atoms with Gasteiger partial charge in [0, 0.05) is 12.6 Å². The Bertz CT molecular complexity index is 394. The first-order valence-electron chi connectivity index (χ1n) is 5.42. The van der Waals surface area contributed by atoms with E-state index in [0.717, 1.165) is 19.3 Å². The minimum atomic E-state index is -3.63. The fourth-order valence-electron chi connectivity index (χ4n) is 2.52. The van der Waals surface area contributed by atoms with E-state index in [-0.39, 0.29) is 6.04 Å². The molecule has 0 aromatic heterocycles. The molecule has 7 heteroatoms. The van der Waals surface area contributed by atoms with Gasteiger partial charge in [0.2, 0.25) is 0 Å². The molecule has 0 amide bonds. The minimum absolute atomic E-state index is 0.0727.